The van der Waals surface area contributed by atoms with Crippen LogP contribution in [0.15, 0.2) is 0 Å². The van der Waals surface area contributed by atoms with E-state index in [2.05, 4.69) is 207 Å². The molecule has 0 aromatic rings. The molecule has 14 N–H and O–H groups in total. The summed E-state index contributed by atoms with van der Waals surface area (Å²) < 4.78 is 37.5. The molecule has 0 saturated carbocycles. The smallest absolute Gasteiger partial charge is 0.246 e. The van der Waals surface area contributed by atoms with Gasteiger partial charge in [-0.15, -0.1) is 0 Å². The van der Waals surface area contributed by atoms with Crippen LogP contribution in [-0.4, -0.2) is 317 Å². The normalized spacial score (nSPS) is 13.3. The third-order valence-corrected chi connectivity index (χ3v) is 20.0. The van der Waals surface area contributed by atoms with Crippen LogP contribution in [0.25, 0.3) is 0 Å². The minimum Gasteiger partial charge on any atom is -0.394 e. The van der Waals surface area contributed by atoms with Gasteiger partial charge in [0.1, 0.15) is 25.9 Å². The largest absolute Gasteiger partial charge is 0.394 e. The molecule has 1 atom stereocenters. The second-order valence-corrected chi connectivity index (χ2v) is 50.8. The molecule has 12 amide bonds. The molecule has 1 unspecified atom stereocenters. The average Bonchev–Trinajstić information content (AvgIpc) is 0.836. The van der Waals surface area contributed by atoms with Crippen molar-refractivity contribution in [3.63, 3.8) is 0 Å². The van der Waals surface area contributed by atoms with Crippen LogP contribution in [0.3, 0.4) is 0 Å². The lowest BCUT2D eigenvalue weighted by atomic mass is 9.87. The fraction of sp³-hybridized carbons (Fsp3) is 0.836. The predicted molar refractivity (Wildman–Crippen MR) is 473 cm³/mol. The highest BCUT2D eigenvalue weighted by Crippen LogP contribution is 2.28. The number of hydrogen-bond acceptors (Lipinski definition) is 22. The molecular weight excluding hydrogens is 2120 g/mol. The maximum atomic E-state index is 14.5. The number of carbonyl (C=O) groups excluding carboxylic acids is 12. The minimum atomic E-state index is -1.55. The average molecular weight is 2240 g/mol. The zero-order valence-corrected chi connectivity index (χ0v) is 84.3. The summed E-state index contributed by atoms with van der Waals surface area (Å²) in [5, 5.41) is 52.9. The van der Waals surface area contributed by atoms with E-state index in [-0.39, 0.29) is 145 Å². The highest BCUT2D eigenvalue weighted by Gasteiger charge is 2.43. The van der Waals surface area contributed by atoms with Crippen LogP contribution < -0.4 is 63.8 Å². The monoisotopic (exact) mass is 2230 g/mol. The predicted octanol–water partition coefficient (Wildman–Crippen LogP) is 3.37. The first kappa shape index (κ1) is 114. The maximum Gasteiger partial charge on any atom is 0.246 e. The van der Waals surface area contributed by atoms with E-state index < -0.39 is 184 Å². The first-order valence-electron chi connectivity index (χ1n) is 37.4. The summed E-state index contributed by atoms with van der Waals surface area (Å²) in [6, 6.07) is 0. The summed E-state index contributed by atoms with van der Waals surface area (Å²) in [4.78, 5) is 165. The van der Waals surface area contributed by atoms with Crippen LogP contribution in [-0.2, 0) is 95.4 Å². The molecule has 0 heterocycles. The zero-order chi connectivity index (χ0) is 89.7. The highest BCUT2D eigenvalue weighted by atomic mass is 79.9. The zero-order valence-electron chi connectivity index (χ0n) is 70.0. The Balaban J connectivity index is 8.20. The molecule has 0 radical (unpaired) electrons. The van der Waals surface area contributed by atoms with Crippen LogP contribution in [0.2, 0.25) is 0 Å². The van der Waals surface area contributed by atoms with Crippen molar-refractivity contribution in [3.05, 3.63) is 0 Å². The van der Waals surface area contributed by atoms with Gasteiger partial charge in [0, 0.05) is 100 Å². The number of carbonyl (C=O) groups is 12. The van der Waals surface area contributed by atoms with E-state index in [0.717, 1.165) is 0 Å². The molecule has 0 spiro atoms. The molecule has 43 heteroatoms. The SMILES string of the molecule is CC(C)(Br)C(=O)NCC(CNC(=O)C(C)(C)Br)(CNC(=O)C(C)(C)Br)COCC(=O)NCC(CNC(=O)COCC(CNC(=O)C(C)(C)Br)(CNC(=O)C(C)(C)Br)CNC(=O)C(C)(C)Br)(CNC(=O)COCC(CNC(=O)C(C)(C)Br)(CNC(=O)C(C)(C)Br)CNC(=O)C(C)(C)Br)COCCOCCOCCOCCOCC(O)CO. The Hall–Kier alpha value is -2.44. The molecule has 0 fully saturated rings. The van der Waals surface area contributed by atoms with Gasteiger partial charge in [-0.05, 0) is 125 Å². The Morgan fingerprint density at radius 3 is 0.552 bits per heavy atom. The number of nitrogens with one attached hydrogen (secondary N) is 12. The molecule has 0 rings (SSSR count). The van der Waals surface area contributed by atoms with Crippen molar-refractivity contribution in [1.82, 2.24) is 63.8 Å². The van der Waals surface area contributed by atoms with Crippen LogP contribution in [0.5, 0.6) is 0 Å². The van der Waals surface area contributed by atoms with Crippen molar-refractivity contribution in [2.24, 2.45) is 21.7 Å². The van der Waals surface area contributed by atoms with Crippen molar-refractivity contribution in [3.8, 4) is 0 Å². The second-order valence-electron chi connectivity index (χ2n) is 33.0. The third kappa shape index (κ3) is 49.8. The number of amides is 12. The topological polar surface area (TPSA) is 464 Å². The van der Waals surface area contributed by atoms with E-state index >= 15 is 0 Å². The quantitative estimate of drug-likeness (QED) is 0.0306. The van der Waals surface area contributed by atoms with E-state index in [1.807, 2.05) is 0 Å². The number of halogens is 9. The van der Waals surface area contributed by atoms with Crippen molar-refractivity contribution in [2.45, 2.75) is 170 Å². The fourth-order valence-electron chi connectivity index (χ4n) is 9.09. The van der Waals surface area contributed by atoms with Crippen molar-refractivity contribution in [2.75, 3.05) is 191 Å². The van der Waals surface area contributed by atoms with Gasteiger partial charge < -0.3 is 112 Å². The van der Waals surface area contributed by atoms with Crippen LogP contribution in [0, 0.1) is 21.7 Å². The Labute approximate surface area is 759 Å². The summed E-state index contributed by atoms with van der Waals surface area (Å²) in [5.41, 5.74) is -5.54. The van der Waals surface area contributed by atoms with Crippen molar-refractivity contribution in [1.29, 1.82) is 0 Å². The molecular formula is C73H127Br9N12O22. The maximum absolute atomic E-state index is 14.5. The Kier molecular flexibility index (Phi) is 51.3. The van der Waals surface area contributed by atoms with Gasteiger partial charge in [0.2, 0.25) is 70.9 Å². The van der Waals surface area contributed by atoms with Gasteiger partial charge >= 0.3 is 0 Å². The lowest BCUT2D eigenvalue weighted by Crippen LogP contribution is -2.58. The molecule has 0 saturated heterocycles. The number of hydrogen-bond donors (Lipinski definition) is 14. The van der Waals surface area contributed by atoms with Crippen LogP contribution in [0.4, 0.5) is 0 Å². The van der Waals surface area contributed by atoms with Gasteiger partial charge in [0.25, 0.3) is 0 Å². The number of alkyl halides is 9. The third-order valence-electron chi connectivity index (χ3n) is 16.8. The molecule has 0 aliphatic carbocycles. The molecule has 0 bridgehead atoms. The summed E-state index contributed by atoms with van der Waals surface area (Å²) in [6.07, 6.45) is -0.999. The lowest BCUT2D eigenvalue weighted by molar-refractivity contribution is -0.132. The minimum absolute atomic E-state index is 0.0167. The van der Waals surface area contributed by atoms with Crippen LogP contribution in [0.1, 0.15) is 125 Å². The van der Waals surface area contributed by atoms with Gasteiger partial charge in [0.05, 0.1) is 131 Å². The first-order chi connectivity index (χ1) is 52.9. The second kappa shape index (κ2) is 52.4. The van der Waals surface area contributed by atoms with E-state index in [1.54, 1.807) is 125 Å². The van der Waals surface area contributed by atoms with Gasteiger partial charge in [-0.3, -0.25) is 57.5 Å². The molecule has 674 valence electrons. The summed E-state index contributed by atoms with van der Waals surface area (Å²) >= 11 is 30.4. The Bertz CT molecular complexity index is 2620. The van der Waals surface area contributed by atoms with Gasteiger partial charge in [-0.1, -0.05) is 143 Å². The summed E-state index contributed by atoms with van der Waals surface area (Å²) in [5.74, 6) is -6.34. The van der Waals surface area contributed by atoms with E-state index in [9.17, 15) is 62.6 Å². The highest BCUT2D eigenvalue weighted by molar-refractivity contribution is 9.11. The number of aliphatic hydroxyl groups excluding tert-OH is 2. The molecule has 34 nitrogen and oxygen atoms in total. The molecule has 0 aromatic carbocycles. The van der Waals surface area contributed by atoms with Gasteiger partial charge in [0.15, 0.2) is 0 Å². The fourth-order valence-corrected chi connectivity index (χ4v) is 10.4. The molecule has 0 aliphatic rings. The molecule has 116 heavy (non-hydrogen) atoms. The number of ether oxygens (including phenoxy) is 8. The van der Waals surface area contributed by atoms with Crippen molar-refractivity contribution >= 4 is 214 Å². The van der Waals surface area contributed by atoms with Gasteiger partial charge in [-0.2, -0.15) is 0 Å². The number of rotatable bonds is 62. The Morgan fingerprint density at radius 1 is 0.241 bits per heavy atom. The van der Waals surface area contributed by atoms with Crippen molar-refractivity contribution < 1.29 is 106 Å². The van der Waals surface area contributed by atoms with E-state index in [1.165, 1.54) is 0 Å². The first-order valence-corrected chi connectivity index (χ1v) is 44.5. The Morgan fingerprint density at radius 2 is 0.388 bits per heavy atom. The van der Waals surface area contributed by atoms with Gasteiger partial charge in [-0.25, -0.2) is 0 Å². The molecule has 0 aliphatic heterocycles. The molecule has 0 aromatic heterocycles. The van der Waals surface area contributed by atoms with E-state index in [4.69, 9.17) is 43.0 Å². The standard InChI is InChI=1S/C73H127Br9N12O22/c1-61(2,74)52(100)86-35-71(36-87-53(101)62(3,4)75,37-88-54(102)63(5,6)76)45-114-29-49(97)83-32-70(44-113-26-24-111-22-20-109-19-21-110-23-25-112-28-48(96)27-95,33-84-50(98)30-115-46-72(38-89-55(103)64(7,8)77,39-90-56(104)65(9,10)78)40-91-57(105)66(11,12)79)34-85-51(99)31-116-47-73(41-92-58(106)67(13,14)80,42-93-59(107)68(15,16)81)43-94-60(108)69(17,18)82/h48,95-96H,19-47H2,1-18H3,(H,83,97)(H,84,98)(H,85,99)(H,86,100)(H,87,101)(H,88,102)(H,89,103)(H,90,104)(H,91,105)(H,92,106)(H,93,107)(H,94,108). The number of aliphatic hydroxyl groups is 2. The summed E-state index contributed by atoms with van der Waals surface area (Å²) in [7, 11) is 0. The van der Waals surface area contributed by atoms with E-state index in [0.29, 0.717) is 0 Å². The van der Waals surface area contributed by atoms with Crippen LogP contribution >= 0.6 is 143 Å². The lowest BCUT2D eigenvalue weighted by Gasteiger charge is -2.37. The summed E-state index contributed by atoms with van der Waals surface area (Å²) in [6.45, 7) is 23.2.